The van der Waals surface area contributed by atoms with Gasteiger partial charge >= 0.3 is 5.97 Å². The zero-order valence-electron chi connectivity index (χ0n) is 11.3. The van der Waals surface area contributed by atoms with Gasteiger partial charge in [0, 0.05) is 12.0 Å². The minimum absolute atomic E-state index is 0.156. The maximum Gasteiger partial charge on any atom is 0.329 e. The van der Waals surface area contributed by atoms with E-state index < -0.39 is 6.04 Å². The van der Waals surface area contributed by atoms with Crippen LogP contribution < -0.4 is 9.47 Å². The van der Waals surface area contributed by atoms with Crippen molar-refractivity contribution in [2.75, 3.05) is 20.8 Å². The summed E-state index contributed by atoms with van der Waals surface area (Å²) < 4.78 is 15.4. The molecule has 3 rings (SSSR count). The molecule has 20 heavy (non-hydrogen) atoms. The number of rotatable bonds is 3. The number of esters is 1. The van der Waals surface area contributed by atoms with Crippen LogP contribution in [-0.2, 0) is 9.53 Å². The van der Waals surface area contributed by atoms with Crippen molar-refractivity contribution in [3.8, 4) is 11.5 Å². The highest BCUT2D eigenvalue weighted by Crippen LogP contribution is 2.32. The number of hydrogen-bond donors (Lipinski definition) is 0. The molecule has 2 fully saturated rings. The summed E-state index contributed by atoms with van der Waals surface area (Å²) >= 11 is 0. The van der Waals surface area contributed by atoms with Crippen LogP contribution >= 0.6 is 0 Å². The summed E-state index contributed by atoms with van der Waals surface area (Å²) in [6.45, 7) is 0.462. The van der Waals surface area contributed by atoms with Crippen molar-refractivity contribution < 1.29 is 23.8 Å². The van der Waals surface area contributed by atoms with Gasteiger partial charge < -0.3 is 19.1 Å². The third-order valence-electron chi connectivity index (χ3n) is 3.71. The number of benzene rings is 1. The first-order chi connectivity index (χ1) is 9.63. The molecule has 0 N–H and O–H groups in total. The van der Waals surface area contributed by atoms with Gasteiger partial charge in [0.2, 0.25) is 0 Å². The minimum atomic E-state index is -0.444. The Bertz CT molecular complexity index is 571. The van der Waals surface area contributed by atoms with Gasteiger partial charge in [0.15, 0.2) is 11.5 Å². The lowest BCUT2D eigenvalue weighted by atomic mass is 10.1. The first-order valence-corrected chi connectivity index (χ1v) is 6.37. The van der Waals surface area contributed by atoms with Gasteiger partial charge in [-0.1, -0.05) is 0 Å². The number of fused-ring (bicyclic) bond motifs is 2. The van der Waals surface area contributed by atoms with Crippen LogP contribution in [0, 0.1) is 0 Å². The van der Waals surface area contributed by atoms with E-state index in [1.54, 1.807) is 23.1 Å². The summed E-state index contributed by atoms with van der Waals surface area (Å²) in [5.74, 6) is 0.557. The maximum absolute atomic E-state index is 12.5. The lowest BCUT2D eigenvalue weighted by Gasteiger charge is -2.25. The van der Waals surface area contributed by atoms with Crippen molar-refractivity contribution >= 4 is 11.9 Å². The van der Waals surface area contributed by atoms with E-state index in [4.69, 9.17) is 14.2 Å². The van der Waals surface area contributed by atoms with E-state index in [0.29, 0.717) is 30.0 Å². The zero-order valence-corrected chi connectivity index (χ0v) is 11.3. The van der Waals surface area contributed by atoms with Gasteiger partial charge in [-0.3, -0.25) is 4.79 Å². The molecule has 106 valence electrons. The smallest absolute Gasteiger partial charge is 0.329 e. The molecule has 0 radical (unpaired) electrons. The van der Waals surface area contributed by atoms with Crippen LogP contribution in [0.4, 0.5) is 0 Å². The predicted molar refractivity (Wildman–Crippen MR) is 68.9 cm³/mol. The largest absolute Gasteiger partial charge is 0.493 e. The average Bonchev–Trinajstić information content (AvgIpc) is 3.04. The standard InChI is InChI=1S/C14H15NO5/c1-18-11-4-3-8(5-12(11)19-2)13(16)15-7-9-6-10(15)14(17)20-9/h3-5,9-10H,6-7H2,1-2H3. The first-order valence-electron chi connectivity index (χ1n) is 6.37. The summed E-state index contributed by atoms with van der Waals surface area (Å²) in [4.78, 5) is 25.6. The second-order valence-corrected chi connectivity index (χ2v) is 4.84. The maximum atomic E-state index is 12.5. The number of amides is 1. The molecule has 2 aliphatic rings. The summed E-state index contributed by atoms with van der Waals surface area (Å²) in [6, 6.07) is 4.53. The van der Waals surface area contributed by atoms with E-state index in [1.807, 2.05) is 0 Å². The molecule has 6 heteroatoms. The third kappa shape index (κ3) is 1.88. The van der Waals surface area contributed by atoms with Gasteiger partial charge in [-0.25, -0.2) is 4.79 Å². The van der Waals surface area contributed by atoms with Crippen molar-refractivity contribution in [2.45, 2.75) is 18.6 Å². The topological polar surface area (TPSA) is 65.1 Å². The summed E-state index contributed by atoms with van der Waals surface area (Å²) in [5.41, 5.74) is 0.475. The minimum Gasteiger partial charge on any atom is -0.493 e. The van der Waals surface area contributed by atoms with Crippen molar-refractivity contribution in [3.63, 3.8) is 0 Å². The quantitative estimate of drug-likeness (QED) is 0.766. The Morgan fingerprint density at radius 1 is 1.30 bits per heavy atom. The van der Waals surface area contributed by atoms with Gasteiger partial charge in [-0.15, -0.1) is 0 Å². The Morgan fingerprint density at radius 2 is 2.05 bits per heavy atom. The van der Waals surface area contributed by atoms with E-state index >= 15 is 0 Å². The van der Waals surface area contributed by atoms with Gasteiger partial charge in [0.25, 0.3) is 5.91 Å². The molecular weight excluding hydrogens is 262 g/mol. The lowest BCUT2D eigenvalue weighted by Crippen LogP contribution is -2.44. The van der Waals surface area contributed by atoms with E-state index in [9.17, 15) is 9.59 Å². The molecule has 1 amide bonds. The highest BCUT2D eigenvalue weighted by molar-refractivity contribution is 5.98. The van der Waals surface area contributed by atoms with Crippen LogP contribution in [0.5, 0.6) is 11.5 Å². The van der Waals surface area contributed by atoms with Crippen molar-refractivity contribution in [2.24, 2.45) is 0 Å². The average molecular weight is 277 g/mol. The van der Waals surface area contributed by atoms with E-state index in [1.165, 1.54) is 14.2 Å². The van der Waals surface area contributed by atoms with Gasteiger partial charge in [0.05, 0.1) is 20.8 Å². The molecule has 0 spiro atoms. The van der Waals surface area contributed by atoms with E-state index in [2.05, 4.69) is 0 Å². The lowest BCUT2D eigenvalue weighted by molar-refractivity contribution is -0.149. The fourth-order valence-corrected chi connectivity index (χ4v) is 2.71. The fourth-order valence-electron chi connectivity index (χ4n) is 2.71. The molecule has 2 unspecified atom stereocenters. The second-order valence-electron chi connectivity index (χ2n) is 4.84. The number of nitrogens with zero attached hydrogens (tertiary/aromatic N) is 1. The van der Waals surface area contributed by atoms with Crippen LogP contribution in [0.1, 0.15) is 16.8 Å². The van der Waals surface area contributed by atoms with Crippen LogP contribution in [0.2, 0.25) is 0 Å². The third-order valence-corrected chi connectivity index (χ3v) is 3.71. The molecule has 2 aliphatic heterocycles. The number of carbonyl (C=O) groups excluding carboxylic acids is 2. The van der Waals surface area contributed by atoms with Crippen molar-refractivity contribution in [3.05, 3.63) is 23.8 Å². The van der Waals surface area contributed by atoms with E-state index in [0.717, 1.165) is 0 Å². The Hall–Kier alpha value is -2.24. The van der Waals surface area contributed by atoms with Gasteiger partial charge in [-0.05, 0) is 18.2 Å². The number of ether oxygens (including phenoxy) is 3. The number of carbonyl (C=O) groups is 2. The van der Waals surface area contributed by atoms with Crippen molar-refractivity contribution in [1.82, 2.24) is 4.90 Å². The Kier molecular flexibility index (Phi) is 3.00. The van der Waals surface area contributed by atoms with Crippen LogP contribution in [0.3, 0.4) is 0 Å². The fraction of sp³-hybridized carbons (Fsp3) is 0.429. The van der Waals surface area contributed by atoms with E-state index in [-0.39, 0.29) is 18.0 Å². The SMILES string of the molecule is COc1ccc(C(=O)N2CC3CC2C(=O)O3)cc1OC. The molecule has 2 heterocycles. The highest BCUT2D eigenvalue weighted by Gasteiger charge is 2.48. The molecule has 2 bridgehead atoms. The monoisotopic (exact) mass is 277 g/mol. The van der Waals surface area contributed by atoms with Crippen LogP contribution in [-0.4, -0.2) is 49.7 Å². The summed E-state index contributed by atoms with van der Waals surface area (Å²) in [5, 5.41) is 0. The second kappa shape index (κ2) is 4.70. The molecular formula is C14H15NO5. The highest BCUT2D eigenvalue weighted by atomic mass is 16.6. The summed E-state index contributed by atoms with van der Waals surface area (Å²) in [6.07, 6.45) is 0.439. The molecule has 6 nitrogen and oxygen atoms in total. The Balaban J connectivity index is 1.86. The Morgan fingerprint density at radius 3 is 2.65 bits per heavy atom. The summed E-state index contributed by atoms with van der Waals surface area (Å²) in [7, 11) is 3.05. The van der Waals surface area contributed by atoms with Crippen LogP contribution in [0.25, 0.3) is 0 Å². The van der Waals surface area contributed by atoms with Crippen molar-refractivity contribution in [1.29, 1.82) is 0 Å². The predicted octanol–water partition coefficient (Wildman–Crippen LogP) is 0.844. The number of likely N-dealkylation sites (tertiary alicyclic amines) is 1. The first kappa shape index (κ1) is 12.8. The molecule has 0 saturated carbocycles. The molecule has 2 saturated heterocycles. The zero-order chi connectivity index (χ0) is 14.3. The molecule has 0 aliphatic carbocycles. The number of methoxy groups -OCH3 is 2. The molecule has 0 aromatic heterocycles. The van der Waals surface area contributed by atoms with Gasteiger partial charge in [-0.2, -0.15) is 0 Å². The van der Waals surface area contributed by atoms with Crippen LogP contribution in [0.15, 0.2) is 18.2 Å². The molecule has 1 aromatic rings. The molecule has 2 atom stereocenters. The number of morpholine rings is 1. The van der Waals surface area contributed by atoms with Gasteiger partial charge in [0.1, 0.15) is 12.1 Å². The normalized spacial score (nSPS) is 23.7. The number of hydrogen-bond acceptors (Lipinski definition) is 5. The molecule has 1 aromatic carbocycles. The Labute approximate surface area is 116 Å².